The Bertz CT molecular complexity index is 1330. The first-order valence-corrected chi connectivity index (χ1v) is 12.9. The molecular weight excluding hydrogens is 461 g/mol. The van der Waals surface area contributed by atoms with Crippen LogP contribution in [0, 0.1) is 11.7 Å². The Kier molecular flexibility index (Phi) is 7.16. The van der Waals surface area contributed by atoms with E-state index in [0.29, 0.717) is 23.7 Å². The van der Waals surface area contributed by atoms with Crippen LogP contribution in [0.25, 0.3) is 20.8 Å². The van der Waals surface area contributed by atoms with Crippen molar-refractivity contribution in [2.24, 2.45) is 5.92 Å². The van der Waals surface area contributed by atoms with Crippen LogP contribution in [-0.2, 0) is 17.8 Å². The first-order valence-electron chi connectivity index (χ1n) is 12.1. The number of pyridine rings is 2. The van der Waals surface area contributed by atoms with Gasteiger partial charge in [-0.1, -0.05) is 19.1 Å². The molecular formula is C28H28FN3O2S. The van der Waals surface area contributed by atoms with Crippen molar-refractivity contribution in [1.29, 1.82) is 0 Å². The van der Waals surface area contributed by atoms with Crippen LogP contribution in [0.4, 0.5) is 4.39 Å². The summed E-state index contributed by atoms with van der Waals surface area (Å²) in [6.45, 7) is 3.92. The molecule has 7 heteroatoms. The first-order chi connectivity index (χ1) is 17.1. The van der Waals surface area contributed by atoms with Gasteiger partial charge >= 0.3 is 0 Å². The number of hydrogen-bond acceptors (Lipinski definition) is 6. The van der Waals surface area contributed by atoms with E-state index in [9.17, 15) is 9.18 Å². The Hall–Kier alpha value is -3.16. The lowest BCUT2D eigenvalue weighted by Gasteiger charge is -2.09. The number of thiophene rings is 1. The molecule has 0 radical (unpaired) electrons. The van der Waals surface area contributed by atoms with Crippen molar-refractivity contribution < 1.29 is 13.9 Å². The number of rotatable bonds is 11. The first kappa shape index (κ1) is 23.6. The number of benzene rings is 1. The van der Waals surface area contributed by atoms with E-state index in [-0.39, 0.29) is 18.0 Å². The average Bonchev–Trinajstić information content (AvgIpc) is 3.55. The average molecular weight is 490 g/mol. The summed E-state index contributed by atoms with van der Waals surface area (Å²) in [4.78, 5) is 22.2. The Morgan fingerprint density at radius 2 is 1.97 bits per heavy atom. The smallest absolute Gasteiger partial charge is 0.166 e. The van der Waals surface area contributed by atoms with E-state index in [0.717, 1.165) is 58.7 Å². The van der Waals surface area contributed by atoms with Crippen LogP contribution in [0.3, 0.4) is 0 Å². The molecule has 1 aromatic carbocycles. The molecule has 5 rings (SSSR count). The molecule has 0 aliphatic heterocycles. The largest absolute Gasteiger partial charge is 0.453 e. The summed E-state index contributed by atoms with van der Waals surface area (Å²) in [5, 5.41) is 3.38. The number of hydrogen-bond donors (Lipinski definition) is 1. The molecule has 0 atom stereocenters. The molecule has 0 saturated heterocycles. The molecule has 35 heavy (non-hydrogen) atoms. The van der Waals surface area contributed by atoms with Gasteiger partial charge in [0.05, 0.1) is 20.8 Å². The standard InChI is InChI=1S/C28H28FN3O2S/c1-2-10-30-16-20-5-7-23(32-17-20)27-15-24-28(35-27)26(9-11-31-24)34-25-8-6-19(14-22(25)29)13-21(33)12-18-3-4-18/h5-9,11,14-15,17-18,30H,2-4,10,12-13,16H2,1H3. The fourth-order valence-corrected chi connectivity index (χ4v) is 5.05. The van der Waals surface area contributed by atoms with Crippen LogP contribution >= 0.6 is 11.3 Å². The Morgan fingerprint density at radius 3 is 2.71 bits per heavy atom. The van der Waals surface area contributed by atoms with E-state index < -0.39 is 5.82 Å². The van der Waals surface area contributed by atoms with E-state index >= 15 is 0 Å². The molecule has 1 N–H and O–H groups in total. The zero-order valence-electron chi connectivity index (χ0n) is 19.7. The van der Waals surface area contributed by atoms with Crippen LogP contribution in [0.2, 0.25) is 0 Å². The van der Waals surface area contributed by atoms with Crippen molar-refractivity contribution in [3.05, 3.63) is 71.8 Å². The van der Waals surface area contributed by atoms with E-state index in [4.69, 9.17) is 4.74 Å². The minimum absolute atomic E-state index is 0.132. The maximum absolute atomic E-state index is 14.8. The number of carbonyl (C=O) groups is 1. The van der Waals surface area contributed by atoms with Gasteiger partial charge in [0, 0.05) is 37.8 Å². The summed E-state index contributed by atoms with van der Waals surface area (Å²) in [6.07, 6.45) is 7.78. The van der Waals surface area contributed by atoms with Crippen molar-refractivity contribution in [3.63, 3.8) is 0 Å². The van der Waals surface area contributed by atoms with Gasteiger partial charge < -0.3 is 10.1 Å². The molecule has 1 saturated carbocycles. The van der Waals surface area contributed by atoms with E-state index in [2.05, 4.69) is 28.3 Å². The molecule has 4 aromatic rings. The molecule has 0 bridgehead atoms. The summed E-state index contributed by atoms with van der Waals surface area (Å²) in [6, 6.07) is 12.6. The third-order valence-electron chi connectivity index (χ3n) is 6.04. The zero-order chi connectivity index (χ0) is 24.2. The van der Waals surface area contributed by atoms with Gasteiger partial charge in [0.25, 0.3) is 0 Å². The molecule has 1 fully saturated rings. The van der Waals surface area contributed by atoms with Gasteiger partial charge in [0.15, 0.2) is 11.6 Å². The van der Waals surface area contributed by atoms with Gasteiger partial charge in [-0.15, -0.1) is 11.3 Å². The van der Waals surface area contributed by atoms with Crippen molar-refractivity contribution in [2.45, 2.75) is 45.6 Å². The molecule has 180 valence electrons. The predicted octanol–water partition coefficient (Wildman–Crippen LogP) is 6.70. The number of halogens is 1. The number of Topliss-reactive ketones (excluding diaryl/α,β-unsaturated/α-hetero) is 1. The maximum Gasteiger partial charge on any atom is 0.166 e. The van der Waals surface area contributed by atoms with Crippen molar-refractivity contribution in [1.82, 2.24) is 15.3 Å². The quantitative estimate of drug-likeness (QED) is 0.238. The second kappa shape index (κ2) is 10.6. The molecule has 0 amide bonds. The highest BCUT2D eigenvalue weighted by Crippen LogP contribution is 2.39. The number of fused-ring (bicyclic) bond motifs is 1. The van der Waals surface area contributed by atoms with Crippen molar-refractivity contribution in [3.8, 4) is 22.1 Å². The predicted molar refractivity (Wildman–Crippen MR) is 137 cm³/mol. The minimum Gasteiger partial charge on any atom is -0.453 e. The number of ether oxygens (including phenoxy) is 1. The topological polar surface area (TPSA) is 64.1 Å². The van der Waals surface area contributed by atoms with Gasteiger partial charge in [0.1, 0.15) is 11.5 Å². The molecule has 3 heterocycles. The number of ketones is 1. The second-order valence-corrected chi connectivity index (χ2v) is 10.1. The fourth-order valence-electron chi connectivity index (χ4n) is 4.01. The molecule has 1 aliphatic rings. The van der Waals surface area contributed by atoms with Gasteiger partial charge in [0.2, 0.25) is 0 Å². The summed E-state index contributed by atoms with van der Waals surface area (Å²) in [5.74, 6) is 0.908. The monoisotopic (exact) mass is 489 g/mol. The molecule has 0 spiro atoms. The van der Waals surface area contributed by atoms with Gasteiger partial charge in [-0.05, 0) is 67.1 Å². The van der Waals surface area contributed by atoms with Crippen LogP contribution in [-0.4, -0.2) is 22.3 Å². The van der Waals surface area contributed by atoms with Crippen LogP contribution < -0.4 is 10.1 Å². The Balaban J connectivity index is 1.31. The highest BCUT2D eigenvalue weighted by molar-refractivity contribution is 7.22. The lowest BCUT2D eigenvalue weighted by molar-refractivity contribution is -0.118. The van der Waals surface area contributed by atoms with Gasteiger partial charge in [-0.3, -0.25) is 14.8 Å². The lowest BCUT2D eigenvalue weighted by Crippen LogP contribution is -2.13. The van der Waals surface area contributed by atoms with Gasteiger partial charge in [-0.2, -0.15) is 0 Å². The number of nitrogens with one attached hydrogen (secondary N) is 1. The van der Waals surface area contributed by atoms with E-state index in [1.54, 1.807) is 24.4 Å². The van der Waals surface area contributed by atoms with Crippen LogP contribution in [0.15, 0.2) is 54.9 Å². The normalized spacial score (nSPS) is 13.3. The summed E-state index contributed by atoms with van der Waals surface area (Å²) >= 11 is 1.52. The Morgan fingerprint density at radius 1 is 1.11 bits per heavy atom. The molecule has 1 aliphatic carbocycles. The van der Waals surface area contributed by atoms with Crippen LogP contribution in [0.5, 0.6) is 11.5 Å². The number of nitrogens with zero attached hydrogens (tertiary/aromatic N) is 2. The third-order valence-corrected chi connectivity index (χ3v) is 7.20. The number of aromatic nitrogens is 2. The van der Waals surface area contributed by atoms with Crippen molar-refractivity contribution in [2.75, 3.05) is 6.54 Å². The Labute approximate surface area is 208 Å². The second-order valence-electron chi connectivity index (χ2n) is 9.09. The summed E-state index contributed by atoms with van der Waals surface area (Å²) in [5.41, 5.74) is 3.46. The number of carbonyl (C=O) groups excluding carboxylic acids is 1. The van der Waals surface area contributed by atoms with E-state index in [1.807, 2.05) is 18.3 Å². The SMILES string of the molecule is CCCNCc1ccc(-c2cc3nccc(Oc4ccc(CC(=O)CC5CC5)cc4F)c3s2)nc1. The summed E-state index contributed by atoms with van der Waals surface area (Å²) < 4.78 is 21.6. The molecule has 5 nitrogen and oxygen atoms in total. The van der Waals surface area contributed by atoms with Gasteiger partial charge in [-0.25, -0.2) is 4.39 Å². The highest BCUT2D eigenvalue weighted by atomic mass is 32.1. The van der Waals surface area contributed by atoms with E-state index in [1.165, 1.54) is 17.4 Å². The highest BCUT2D eigenvalue weighted by Gasteiger charge is 2.24. The van der Waals surface area contributed by atoms with Crippen LogP contribution in [0.1, 0.15) is 43.7 Å². The molecule has 0 unspecified atom stereocenters. The lowest BCUT2D eigenvalue weighted by atomic mass is 10.0. The summed E-state index contributed by atoms with van der Waals surface area (Å²) in [7, 11) is 0. The third kappa shape index (κ3) is 5.92. The fraction of sp³-hybridized carbons (Fsp3) is 0.321. The minimum atomic E-state index is -0.475. The van der Waals surface area contributed by atoms with Crippen molar-refractivity contribution >= 4 is 27.3 Å². The molecule has 3 aromatic heterocycles. The zero-order valence-corrected chi connectivity index (χ0v) is 20.5. The maximum atomic E-state index is 14.8.